The maximum Gasteiger partial charge on any atom is 0.239 e. The Bertz CT molecular complexity index is 435. The minimum atomic E-state index is -0.493. The second-order valence-corrected chi connectivity index (χ2v) is 5.54. The highest BCUT2D eigenvalue weighted by molar-refractivity contribution is 6.33. The van der Waals surface area contributed by atoms with Crippen molar-refractivity contribution in [3.63, 3.8) is 0 Å². The number of halogens is 2. The molecule has 0 saturated heterocycles. The van der Waals surface area contributed by atoms with Crippen molar-refractivity contribution in [3.8, 4) is 0 Å². The normalized spacial score (nSPS) is 12.6. The molecule has 0 spiro atoms. The number of hydrogen-bond acceptors (Lipinski definition) is 2. The van der Waals surface area contributed by atoms with E-state index in [1.807, 2.05) is 13.8 Å². The van der Waals surface area contributed by atoms with Crippen LogP contribution in [0.5, 0.6) is 0 Å². The summed E-state index contributed by atoms with van der Waals surface area (Å²) in [5.41, 5.74) is 6.65. The maximum atomic E-state index is 12.0. The van der Waals surface area contributed by atoms with E-state index in [0.717, 1.165) is 5.56 Å². The van der Waals surface area contributed by atoms with Crippen LogP contribution in [0.2, 0.25) is 10.0 Å². The molecule has 2 N–H and O–H groups in total. The molecule has 1 aromatic rings. The van der Waals surface area contributed by atoms with Crippen molar-refractivity contribution in [3.05, 3.63) is 33.8 Å². The second kappa shape index (κ2) is 6.41. The first-order chi connectivity index (χ1) is 8.32. The summed E-state index contributed by atoms with van der Waals surface area (Å²) in [6, 6.07) is 4.71. The Hall–Kier alpha value is -0.770. The lowest BCUT2D eigenvalue weighted by Crippen LogP contribution is -2.44. The Balaban J connectivity index is 2.78. The minimum Gasteiger partial charge on any atom is -0.340 e. The van der Waals surface area contributed by atoms with Crippen LogP contribution in [-0.2, 0) is 11.3 Å². The smallest absolute Gasteiger partial charge is 0.239 e. The zero-order valence-electron chi connectivity index (χ0n) is 10.8. The average molecular weight is 289 g/mol. The van der Waals surface area contributed by atoms with Gasteiger partial charge in [-0.1, -0.05) is 37.0 Å². The van der Waals surface area contributed by atoms with Crippen LogP contribution in [0.3, 0.4) is 0 Å². The molecule has 3 nitrogen and oxygen atoms in total. The van der Waals surface area contributed by atoms with Crippen LogP contribution < -0.4 is 5.73 Å². The Labute approximate surface area is 118 Å². The highest BCUT2D eigenvalue weighted by Gasteiger charge is 2.21. The first-order valence-corrected chi connectivity index (χ1v) is 6.53. The summed E-state index contributed by atoms with van der Waals surface area (Å²) in [6.45, 7) is 4.24. The van der Waals surface area contributed by atoms with Gasteiger partial charge < -0.3 is 10.6 Å². The third-order valence-electron chi connectivity index (χ3n) is 2.79. The van der Waals surface area contributed by atoms with Crippen molar-refractivity contribution in [2.24, 2.45) is 11.7 Å². The van der Waals surface area contributed by atoms with Crippen molar-refractivity contribution in [1.82, 2.24) is 4.90 Å². The number of carbonyl (C=O) groups is 1. The van der Waals surface area contributed by atoms with Crippen molar-refractivity contribution in [1.29, 1.82) is 0 Å². The van der Waals surface area contributed by atoms with Crippen molar-refractivity contribution in [2.45, 2.75) is 26.4 Å². The van der Waals surface area contributed by atoms with Gasteiger partial charge in [0.05, 0.1) is 6.04 Å². The molecule has 1 rings (SSSR count). The summed E-state index contributed by atoms with van der Waals surface area (Å²) < 4.78 is 0. The molecule has 0 aliphatic carbocycles. The van der Waals surface area contributed by atoms with Crippen LogP contribution in [0.25, 0.3) is 0 Å². The van der Waals surface area contributed by atoms with Crippen LogP contribution in [0, 0.1) is 5.92 Å². The van der Waals surface area contributed by atoms with E-state index in [1.165, 1.54) is 0 Å². The van der Waals surface area contributed by atoms with E-state index >= 15 is 0 Å². The predicted molar refractivity (Wildman–Crippen MR) is 75.7 cm³/mol. The molecule has 0 bridgehead atoms. The summed E-state index contributed by atoms with van der Waals surface area (Å²) >= 11 is 12.0. The minimum absolute atomic E-state index is 0.0963. The van der Waals surface area contributed by atoms with Gasteiger partial charge in [0.1, 0.15) is 0 Å². The molecule has 0 aromatic heterocycles. The van der Waals surface area contributed by atoms with Crippen molar-refractivity contribution < 1.29 is 4.79 Å². The van der Waals surface area contributed by atoms with Gasteiger partial charge in [-0.2, -0.15) is 0 Å². The van der Waals surface area contributed by atoms with Gasteiger partial charge in [0.2, 0.25) is 5.91 Å². The summed E-state index contributed by atoms with van der Waals surface area (Å²) in [7, 11) is 1.71. The number of nitrogens with two attached hydrogens (primary N) is 1. The van der Waals surface area contributed by atoms with E-state index in [2.05, 4.69) is 0 Å². The first-order valence-electron chi connectivity index (χ1n) is 5.77. The highest BCUT2D eigenvalue weighted by atomic mass is 35.5. The number of nitrogens with zero attached hydrogens (tertiary/aromatic N) is 1. The summed E-state index contributed by atoms with van der Waals surface area (Å²) in [5, 5.41) is 1.19. The number of amides is 1. The predicted octanol–water partition coefficient (Wildman–Crippen LogP) is 2.94. The van der Waals surface area contributed by atoms with E-state index in [0.29, 0.717) is 16.6 Å². The molecule has 5 heteroatoms. The molecule has 0 aliphatic heterocycles. The standard InChI is InChI=1S/C13H18Cl2N2O/c1-8(2)12(16)13(18)17(3)7-9-6-10(14)4-5-11(9)15/h4-6,8,12H,7,16H2,1-3H3/t12-/m0/s1. The van der Waals surface area contributed by atoms with E-state index < -0.39 is 6.04 Å². The average Bonchev–Trinajstić information content (AvgIpc) is 2.31. The number of rotatable bonds is 4. The molecule has 0 unspecified atom stereocenters. The van der Waals surface area contributed by atoms with Crippen LogP contribution >= 0.6 is 23.2 Å². The fraction of sp³-hybridized carbons (Fsp3) is 0.462. The molecule has 1 atom stereocenters. The van der Waals surface area contributed by atoms with Gasteiger partial charge in [0.25, 0.3) is 0 Å². The van der Waals surface area contributed by atoms with E-state index in [-0.39, 0.29) is 11.8 Å². The Kier molecular flexibility index (Phi) is 5.45. The van der Waals surface area contributed by atoms with Gasteiger partial charge >= 0.3 is 0 Å². The molecular weight excluding hydrogens is 271 g/mol. The van der Waals surface area contributed by atoms with Gasteiger partial charge in [-0.3, -0.25) is 4.79 Å². The fourth-order valence-corrected chi connectivity index (χ4v) is 1.91. The Morgan fingerprint density at radius 1 is 1.39 bits per heavy atom. The third-order valence-corrected chi connectivity index (χ3v) is 3.40. The lowest BCUT2D eigenvalue weighted by atomic mass is 10.0. The van der Waals surface area contributed by atoms with Gasteiger partial charge in [-0.15, -0.1) is 0 Å². The molecule has 18 heavy (non-hydrogen) atoms. The molecule has 1 aromatic carbocycles. The zero-order chi connectivity index (χ0) is 13.9. The number of carbonyl (C=O) groups excluding carboxylic acids is 1. The molecule has 0 saturated carbocycles. The number of benzene rings is 1. The SMILES string of the molecule is CC(C)[C@H](N)C(=O)N(C)Cc1cc(Cl)ccc1Cl. The van der Waals surface area contributed by atoms with Gasteiger partial charge in [-0.25, -0.2) is 0 Å². The van der Waals surface area contributed by atoms with Crippen LogP contribution in [0.15, 0.2) is 18.2 Å². The van der Waals surface area contributed by atoms with E-state index in [4.69, 9.17) is 28.9 Å². The quantitative estimate of drug-likeness (QED) is 0.926. The molecular formula is C13H18Cl2N2O. The zero-order valence-corrected chi connectivity index (χ0v) is 12.3. The number of hydrogen-bond donors (Lipinski definition) is 1. The monoisotopic (exact) mass is 288 g/mol. The lowest BCUT2D eigenvalue weighted by molar-refractivity contribution is -0.132. The highest BCUT2D eigenvalue weighted by Crippen LogP contribution is 2.22. The molecule has 0 aliphatic rings. The van der Waals surface area contributed by atoms with Crippen LogP contribution in [0.1, 0.15) is 19.4 Å². The largest absolute Gasteiger partial charge is 0.340 e. The van der Waals surface area contributed by atoms with Gasteiger partial charge in [-0.05, 0) is 29.7 Å². The van der Waals surface area contributed by atoms with Crippen LogP contribution in [0.4, 0.5) is 0 Å². The second-order valence-electron chi connectivity index (χ2n) is 4.70. The first kappa shape index (κ1) is 15.3. The number of likely N-dealkylation sites (N-methyl/N-ethyl adjacent to an activating group) is 1. The van der Waals surface area contributed by atoms with E-state index in [1.54, 1.807) is 30.1 Å². The van der Waals surface area contributed by atoms with Gasteiger partial charge in [0, 0.05) is 23.6 Å². The third kappa shape index (κ3) is 3.87. The Morgan fingerprint density at radius 3 is 2.56 bits per heavy atom. The molecule has 0 fully saturated rings. The summed E-state index contributed by atoms with van der Waals surface area (Å²) in [5.74, 6) is 0.0100. The summed E-state index contributed by atoms with van der Waals surface area (Å²) in [6.07, 6.45) is 0. The van der Waals surface area contributed by atoms with Crippen molar-refractivity contribution >= 4 is 29.1 Å². The molecule has 0 radical (unpaired) electrons. The molecule has 1 amide bonds. The lowest BCUT2D eigenvalue weighted by Gasteiger charge is -2.23. The summed E-state index contributed by atoms with van der Waals surface area (Å²) in [4.78, 5) is 13.6. The Morgan fingerprint density at radius 2 is 2.00 bits per heavy atom. The van der Waals surface area contributed by atoms with Crippen molar-refractivity contribution in [2.75, 3.05) is 7.05 Å². The van der Waals surface area contributed by atoms with Crippen LogP contribution in [-0.4, -0.2) is 23.9 Å². The van der Waals surface area contributed by atoms with E-state index in [9.17, 15) is 4.79 Å². The molecule has 100 valence electrons. The molecule has 0 heterocycles. The fourth-order valence-electron chi connectivity index (χ4n) is 1.54. The van der Waals surface area contributed by atoms with Gasteiger partial charge in [0.15, 0.2) is 0 Å². The topological polar surface area (TPSA) is 46.3 Å². The maximum absolute atomic E-state index is 12.0.